The number of hydrogen-bond acceptors (Lipinski definition) is 3. The maximum atomic E-state index is 12.5. The molecular weight excluding hydrogens is 228 g/mol. The largest absolute Gasteiger partial charge is 0.469 e. The van der Waals surface area contributed by atoms with Gasteiger partial charge in [-0.15, -0.1) is 0 Å². The Morgan fingerprint density at radius 2 is 2.06 bits per heavy atom. The Morgan fingerprint density at radius 3 is 2.72 bits per heavy atom. The predicted molar refractivity (Wildman–Crippen MR) is 64.5 cm³/mol. The fourth-order valence-corrected chi connectivity index (χ4v) is 5.24. The Labute approximate surface area is 106 Å². The van der Waals surface area contributed by atoms with E-state index in [0.29, 0.717) is 5.92 Å². The van der Waals surface area contributed by atoms with Crippen molar-refractivity contribution in [2.75, 3.05) is 7.11 Å². The molecule has 0 aliphatic heterocycles. The van der Waals surface area contributed by atoms with Gasteiger partial charge in [0, 0.05) is 5.41 Å². The fraction of sp³-hybridized carbons (Fsp3) is 0.600. The molecule has 2 fully saturated rings. The van der Waals surface area contributed by atoms with E-state index in [4.69, 9.17) is 4.74 Å². The van der Waals surface area contributed by atoms with Gasteiger partial charge in [0.15, 0.2) is 5.78 Å². The summed E-state index contributed by atoms with van der Waals surface area (Å²) in [6, 6.07) is 0. The molecule has 0 aromatic rings. The third-order valence-corrected chi connectivity index (χ3v) is 5.90. The number of ether oxygens (including phenoxy) is 1. The number of fused-ring (bicyclic) bond motifs is 1. The quantitative estimate of drug-likeness (QED) is 0.522. The van der Waals surface area contributed by atoms with Crippen LogP contribution in [0.3, 0.4) is 0 Å². The van der Waals surface area contributed by atoms with Crippen LogP contribution in [-0.4, -0.2) is 18.9 Å². The number of methoxy groups -OCH3 is 1. The summed E-state index contributed by atoms with van der Waals surface area (Å²) in [6.07, 6.45) is 11.2. The van der Waals surface area contributed by atoms with Gasteiger partial charge in [0.25, 0.3) is 0 Å². The first-order chi connectivity index (χ1) is 8.66. The van der Waals surface area contributed by atoms with Crippen LogP contribution in [0.4, 0.5) is 0 Å². The summed E-state index contributed by atoms with van der Waals surface area (Å²) in [5.41, 5.74) is -0.557. The Hall–Kier alpha value is -1.38. The van der Waals surface area contributed by atoms with E-state index < -0.39 is 5.41 Å². The van der Waals surface area contributed by atoms with E-state index in [1.54, 1.807) is 6.08 Å². The average molecular weight is 244 g/mol. The molecule has 5 unspecified atom stereocenters. The lowest BCUT2D eigenvalue weighted by Gasteiger charge is -2.68. The standard InChI is InChI=1S/C15H16O3/c1-18-13(17)11-8-14-7-6-12(16)15(11,14)10-4-2-9(14)3-5-10/h2,4,6-7,9-11H,3,5,8H2,1H3. The molecule has 0 saturated heterocycles. The second-order valence-corrected chi connectivity index (χ2v) is 6.06. The fourth-order valence-electron chi connectivity index (χ4n) is 5.24. The molecule has 3 heteroatoms. The Balaban J connectivity index is 1.89. The maximum Gasteiger partial charge on any atom is 0.309 e. The van der Waals surface area contributed by atoms with Gasteiger partial charge in [-0.2, -0.15) is 0 Å². The molecule has 5 atom stereocenters. The monoisotopic (exact) mass is 244 g/mol. The molecule has 3 nitrogen and oxygen atoms in total. The van der Waals surface area contributed by atoms with Crippen LogP contribution >= 0.6 is 0 Å². The normalized spacial score (nSPS) is 50.7. The molecule has 0 aromatic carbocycles. The third-order valence-electron chi connectivity index (χ3n) is 5.90. The van der Waals surface area contributed by atoms with Gasteiger partial charge in [-0.05, 0) is 37.2 Å². The van der Waals surface area contributed by atoms with Crippen LogP contribution in [0.5, 0.6) is 0 Å². The number of carbonyl (C=O) groups excluding carboxylic acids is 2. The molecular formula is C15H16O3. The summed E-state index contributed by atoms with van der Waals surface area (Å²) >= 11 is 0. The number of esters is 1. The molecule has 0 amide bonds. The first kappa shape index (κ1) is 10.5. The van der Waals surface area contributed by atoms with Crippen molar-refractivity contribution in [2.24, 2.45) is 28.6 Å². The van der Waals surface area contributed by atoms with E-state index in [1.807, 2.05) is 0 Å². The van der Waals surface area contributed by atoms with Crippen molar-refractivity contribution in [3.8, 4) is 0 Å². The van der Waals surface area contributed by atoms with Gasteiger partial charge in [-0.25, -0.2) is 0 Å². The summed E-state index contributed by atoms with van der Waals surface area (Å²) < 4.78 is 4.92. The zero-order valence-corrected chi connectivity index (χ0v) is 10.4. The van der Waals surface area contributed by atoms with Gasteiger partial charge in [0.2, 0.25) is 0 Å². The second-order valence-electron chi connectivity index (χ2n) is 6.06. The summed E-state index contributed by atoms with van der Waals surface area (Å²) in [7, 11) is 1.42. The van der Waals surface area contributed by atoms with Gasteiger partial charge in [0.1, 0.15) is 0 Å². The minimum absolute atomic E-state index is 0.0688. The highest BCUT2D eigenvalue weighted by molar-refractivity contribution is 6.04. The summed E-state index contributed by atoms with van der Waals surface area (Å²) in [5.74, 6) is 0.378. The average Bonchev–Trinajstić information content (AvgIpc) is 2.64. The first-order valence-electron chi connectivity index (χ1n) is 6.66. The van der Waals surface area contributed by atoms with E-state index in [9.17, 15) is 9.59 Å². The van der Waals surface area contributed by atoms with Crippen LogP contribution in [-0.2, 0) is 14.3 Å². The number of ketones is 1. The second kappa shape index (κ2) is 2.95. The molecule has 2 saturated carbocycles. The molecule has 0 radical (unpaired) electrons. The molecule has 2 bridgehead atoms. The van der Waals surface area contributed by atoms with Crippen molar-refractivity contribution in [2.45, 2.75) is 19.3 Å². The van der Waals surface area contributed by atoms with E-state index in [-0.39, 0.29) is 29.0 Å². The topological polar surface area (TPSA) is 43.4 Å². The van der Waals surface area contributed by atoms with Crippen molar-refractivity contribution in [1.29, 1.82) is 0 Å². The van der Waals surface area contributed by atoms with Gasteiger partial charge < -0.3 is 4.74 Å². The van der Waals surface area contributed by atoms with Gasteiger partial charge >= 0.3 is 5.97 Å². The molecule has 5 aliphatic rings. The van der Waals surface area contributed by atoms with Crippen molar-refractivity contribution < 1.29 is 14.3 Å². The highest BCUT2D eigenvalue weighted by atomic mass is 16.5. The van der Waals surface area contributed by atoms with Crippen molar-refractivity contribution in [3.63, 3.8) is 0 Å². The van der Waals surface area contributed by atoms with Crippen LogP contribution in [0.15, 0.2) is 24.3 Å². The minimum Gasteiger partial charge on any atom is -0.469 e. The molecule has 0 N–H and O–H groups in total. The predicted octanol–water partition coefficient (Wildman–Crippen LogP) is 1.89. The van der Waals surface area contributed by atoms with Crippen LogP contribution in [0.2, 0.25) is 0 Å². The first-order valence-corrected chi connectivity index (χ1v) is 6.66. The maximum absolute atomic E-state index is 12.5. The van der Waals surface area contributed by atoms with Crippen molar-refractivity contribution >= 4 is 11.8 Å². The number of allylic oxidation sites excluding steroid dienone is 4. The van der Waals surface area contributed by atoms with E-state index >= 15 is 0 Å². The van der Waals surface area contributed by atoms with Crippen LogP contribution in [0.25, 0.3) is 0 Å². The minimum atomic E-state index is -0.488. The smallest absolute Gasteiger partial charge is 0.309 e. The van der Waals surface area contributed by atoms with Gasteiger partial charge in [0.05, 0.1) is 18.4 Å². The van der Waals surface area contributed by atoms with Gasteiger partial charge in [-0.1, -0.05) is 18.2 Å². The zero-order chi connectivity index (χ0) is 12.5. The molecule has 5 aliphatic carbocycles. The van der Waals surface area contributed by atoms with Crippen LogP contribution in [0, 0.1) is 28.6 Å². The van der Waals surface area contributed by atoms with E-state index in [2.05, 4.69) is 18.2 Å². The lowest BCUT2D eigenvalue weighted by atomic mass is 9.32. The summed E-state index contributed by atoms with van der Waals surface area (Å²) in [6.45, 7) is 0. The van der Waals surface area contributed by atoms with Crippen LogP contribution < -0.4 is 0 Å². The van der Waals surface area contributed by atoms with E-state index in [1.165, 1.54) is 7.11 Å². The molecule has 0 heterocycles. The van der Waals surface area contributed by atoms with Crippen LogP contribution in [0.1, 0.15) is 19.3 Å². The van der Waals surface area contributed by atoms with Crippen molar-refractivity contribution in [1.82, 2.24) is 0 Å². The lowest BCUT2D eigenvalue weighted by molar-refractivity contribution is -0.206. The summed E-state index contributed by atoms with van der Waals surface area (Å²) in [4.78, 5) is 24.5. The molecule has 94 valence electrons. The molecule has 0 aromatic heterocycles. The molecule has 18 heavy (non-hydrogen) atoms. The zero-order valence-electron chi connectivity index (χ0n) is 10.4. The SMILES string of the molecule is COC(=O)C1CC23C=CC(=O)C12C1C=CC3CC1. The third kappa shape index (κ3) is 0.789. The molecule has 0 spiro atoms. The number of rotatable bonds is 1. The Kier molecular flexibility index (Phi) is 1.73. The van der Waals surface area contributed by atoms with Gasteiger partial charge in [-0.3, -0.25) is 9.59 Å². The number of hydrogen-bond donors (Lipinski definition) is 0. The highest BCUT2D eigenvalue weighted by Gasteiger charge is 2.78. The lowest BCUT2D eigenvalue weighted by Crippen LogP contribution is -2.70. The highest BCUT2D eigenvalue weighted by Crippen LogP contribution is 2.77. The Morgan fingerprint density at radius 1 is 1.33 bits per heavy atom. The molecule has 5 rings (SSSR count). The van der Waals surface area contributed by atoms with E-state index in [0.717, 1.165) is 19.3 Å². The summed E-state index contributed by atoms with van der Waals surface area (Å²) in [5, 5.41) is 0. The number of carbonyl (C=O) groups is 2. The van der Waals surface area contributed by atoms with Crippen molar-refractivity contribution in [3.05, 3.63) is 24.3 Å². The Bertz CT molecular complexity index is 518.